The molecule has 6 unspecified atom stereocenters. The van der Waals surface area contributed by atoms with Crippen molar-refractivity contribution in [3.63, 3.8) is 0 Å². The molecule has 3 rings (SSSR count). The first-order valence-corrected chi connectivity index (χ1v) is 16.6. The van der Waals surface area contributed by atoms with Gasteiger partial charge in [0, 0.05) is 24.5 Å². The van der Waals surface area contributed by atoms with Gasteiger partial charge in [-0.1, -0.05) is 68.7 Å². The van der Waals surface area contributed by atoms with E-state index >= 15 is 0 Å². The van der Waals surface area contributed by atoms with Gasteiger partial charge in [-0.25, -0.2) is 4.39 Å². The molecule has 1 saturated heterocycles. The molecule has 0 amide bonds. The van der Waals surface area contributed by atoms with Crippen LogP contribution in [-0.4, -0.2) is 46.0 Å². The summed E-state index contributed by atoms with van der Waals surface area (Å²) >= 11 is 13.1. The number of rotatable bonds is 15. The number of hydrogen-bond acceptors (Lipinski definition) is 4. The van der Waals surface area contributed by atoms with Gasteiger partial charge in [0.05, 0.1) is 38.3 Å². The molecule has 0 spiro atoms. The number of allylic oxidation sites excluding steroid dienone is 2. The number of likely N-dealkylation sites (N-methyl/N-ethyl adjacent to an activating group) is 1. The number of halogens is 3. The molecule has 0 bridgehead atoms. The molecule has 0 saturated carbocycles. The quantitative estimate of drug-likeness (QED) is 0.123. The molecule has 1 fully saturated rings. The monoisotopic (exact) mass is 622 g/mol. The van der Waals surface area contributed by atoms with Gasteiger partial charge in [-0.2, -0.15) is 0 Å². The van der Waals surface area contributed by atoms with E-state index in [-0.39, 0.29) is 34.7 Å². The fraction of sp³-hybridized carbons (Fsp3) is 0.515. The van der Waals surface area contributed by atoms with Gasteiger partial charge in [-0.05, 0) is 80.6 Å². The van der Waals surface area contributed by atoms with Crippen molar-refractivity contribution in [3.8, 4) is 0 Å². The second-order valence-corrected chi connectivity index (χ2v) is 13.7. The van der Waals surface area contributed by atoms with Crippen LogP contribution in [0.1, 0.15) is 82.3 Å². The lowest BCUT2D eigenvalue weighted by Crippen LogP contribution is -2.29. The summed E-state index contributed by atoms with van der Waals surface area (Å²) in [4.78, 5) is 2.95. The molecule has 1 heterocycles. The fourth-order valence-corrected chi connectivity index (χ4v) is 7.14. The zero-order valence-corrected chi connectivity index (χ0v) is 27.3. The molecule has 0 aromatic heterocycles. The van der Waals surface area contributed by atoms with Crippen LogP contribution in [0.15, 0.2) is 65.6 Å². The van der Waals surface area contributed by atoms with Gasteiger partial charge in [-0.15, -0.1) is 18.2 Å². The van der Waals surface area contributed by atoms with E-state index in [0.29, 0.717) is 36.0 Å². The molecule has 6 atom stereocenters. The highest BCUT2D eigenvalue weighted by atomic mass is 35.5. The third-order valence-corrected chi connectivity index (χ3v) is 10.2. The van der Waals surface area contributed by atoms with Crippen molar-refractivity contribution in [1.29, 1.82) is 0 Å². The van der Waals surface area contributed by atoms with Crippen LogP contribution in [0.3, 0.4) is 0 Å². The van der Waals surface area contributed by atoms with Crippen LogP contribution in [0.2, 0.25) is 5.02 Å². The summed E-state index contributed by atoms with van der Waals surface area (Å²) in [6.45, 7) is 13.4. The zero-order valence-electron chi connectivity index (χ0n) is 25.0. The Hall–Kier alpha value is -1.54. The third-order valence-electron chi connectivity index (χ3n) is 7.73. The van der Waals surface area contributed by atoms with Crippen molar-refractivity contribution < 1.29 is 13.3 Å². The first-order chi connectivity index (χ1) is 19.6. The number of aryl methyl sites for hydroxylation is 1. The maximum Gasteiger partial charge on any atom is 0.123 e. The van der Waals surface area contributed by atoms with Gasteiger partial charge in [-0.3, -0.25) is 14.4 Å². The van der Waals surface area contributed by atoms with E-state index in [1.165, 1.54) is 12.1 Å². The lowest BCUT2D eigenvalue weighted by molar-refractivity contribution is 0.132. The van der Waals surface area contributed by atoms with Crippen LogP contribution < -0.4 is 5.32 Å². The average Bonchev–Trinajstić information content (AvgIpc) is 3.30. The number of benzene rings is 2. The number of ether oxygens (including phenoxy) is 1. The van der Waals surface area contributed by atoms with E-state index in [1.807, 2.05) is 31.2 Å². The predicted molar refractivity (Wildman–Crippen MR) is 172 cm³/mol. The van der Waals surface area contributed by atoms with Crippen LogP contribution in [0.25, 0.3) is 0 Å². The Bertz CT molecular complexity index is 1210. The van der Waals surface area contributed by atoms with E-state index in [9.17, 15) is 8.60 Å². The minimum atomic E-state index is -1.29. The highest BCUT2D eigenvalue weighted by Gasteiger charge is 2.41. The van der Waals surface area contributed by atoms with E-state index in [2.05, 4.69) is 50.7 Å². The second kappa shape index (κ2) is 16.3. The van der Waals surface area contributed by atoms with Gasteiger partial charge in [0.1, 0.15) is 5.82 Å². The molecule has 0 aliphatic carbocycles. The van der Waals surface area contributed by atoms with Crippen LogP contribution in [0, 0.1) is 5.82 Å². The number of alkyl halides is 1. The molecule has 0 radical (unpaired) electrons. The molecule has 226 valence electrons. The SMILES string of the molecule is C=CC(Cl)C/C=C(\C)C1NC(c2cc(S(=O)C(C)CCOCCC)c(Cl)cc2CCC)N(C)C1c1ccc(F)cc1. The molecule has 8 heteroatoms. The number of hydrogen-bond donors (Lipinski definition) is 1. The van der Waals surface area contributed by atoms with Crippen molar-refractivity contribution in [2.45, 2.75) is 93.6 Å². The van der Waals surface area contributed by atoms with Gasteiger partial charge < -0.3 is 4.74 Å². The lowest BCUT2D eigenvalue weighted by atomic mass is 9.94. The topological polar surface area (TPSA) is 41.6 Å². The third kappa shape index (κ3) is 8.75. The molecule has 2 aromatic carbocycles. The van der Waals surface area contributed by atoms with Crippen molar-refractivity contribution >= 4 is 34.0 Å². The molecular formula is C33H45Cl2FN2O2S. The molecular weight excluding hydrogens is 578 g/mol. The standard InChI is InChI=1S/C33H45Cl2FN2O2S/c1-7-10-25-20-29(35)30(41(39)23(5)17-19-40-18-8-2)21-28(25)33-37-31(22(4)11-14-26(34)9-3)32(38(33)6)24-12-15-27(36)16-13-24/h9,11-13,15-16,20-21,23,26,31-33,37H,3,7-8,10,14,17-19H2,1-2,4-6H3/b22-11+. The first-order valence-electron chi connectivity index (χ1n) is 14.6. The van der Waals surface area contributed by atoms with Gasteiger partial charge in [0.25, 0.3) is 0 Å². The normalized spacial score (nSPS) is 22.0. The highest BCUT2D eigenvalue weighted by Crippen LogP contribution is 2.42. The summed E-state index contributed by atoms with van der Waals surface area (Å²) in [5.41, 5.74) is 4.37. The Morgan fingerprint density at radius 3 is 2.56 bits per heavy atom. The van der Waals surface area contributed by atoms with Crippen LogP contribution >= 0.6 is 23.2 Å². The highest BCUT2D eigenvalue weighted by molar-refractivity contribution is 7.85. The summed E-state index contributed by atoms with van der Waals surface area (Å²) in [5.74, 6) is -0.261. The summed E-state index contributed by atoms with van der Waals surface area (Å²) in [6.07, 6.45) is 7.86. The van der Waals surface area contributed by atoms with Crippen LogP contribution in [-0.2, 0) is 22.0 Å². The molecule has 4 nitrogen and oxygen atoms in total. The molecule has 1 aliphatic heterocycles. The van der Waals surface area contributed by atoms with Gasteiger partial charge >= 0.3 is 0 Å². The summed E-state index contributed by atoms with van der Waals surface area (Å²) in [5, 5.41) is 4.15. The predicted octanol–water partition coefficient (Wildman–Crippen LogP) is 8.52. The van der Waals surface area contributed by atoms with Crippen molar-refractivity contribution in [2.24, 2.45) is 0 Å². The fourth-order valence-electron chi connectivity index (χ4n) is 5.40. The number of nitrogens with zero attached hydrogens (tertiary/aromatic N) is 1. The average molecular weight is 624 g/mol. The van der Waals surface area contributed by atoms with Crippen LogP contribution in [0.4, 0.5) is 4.39 Å². The minimum Gasteiger partial charge on any atom is -0.381 e. The van der Waals surface area contributed by atoms with E-state index in [0.717, 1.165) is 41.5 Å². The number of nitrogens with one attached hydrogen (secondary N) is 1. The van der Waals surface area contributed by atoms with Gasteiger partial charge in [0.2, 0.25) is 0 Å². The summed E-state index contributed by atoms with van der Waals surface area (Å²) < 4.78 is 33.2. The maximum absolute atomic E-state index is 13.9. The van der Waals surface area contributed by atoms with Crippen molar-refractivity contribution in [2.75, 3.05) is 20.3 Å². The molecule has 41 heavy (non-hydrogen) atoms. The van der Waals surface area contributed by atoms with E-state index in [4.69, 9.17) is 27.9 Å². The zero-order chi connectivity index (χ0) is 30.1. The first kappa shape index (κ1) is 34.0. The van der Waals surface area contributed by atoms with Crippen molar-refractivity contribution in [1.82, 2.24) is 10.2 Å². The Balaban J connectivity index is 2.02. The van der Waals surface area contributed by atoms with E-state index < -0.39 is 10.8 Å². The molecule has 2 aromatic rings. The van der Waals surface area contributed by atoms with Crippen molar-refractivity contribution in [3.05, 3.63) is 88.2 Å². The Labute approximate surface area is 258 Å². The minimum absolute atomic E-state index is 0.0436. The van der Waals surface area contributed by atoms with E-state index in [1.54, 1.807) is 6.08 Å². The Morgan fingerprint density at radius 1 is 1.22 bits per heavy atom. The van der Waals surface area contributed by atoms with Crippen LogP contribution in [0.5, 0.6) is 0 Å². The van der Waals surface area contributed by atoms with Gasteiger partial charge in [0.15, 0.2) is 0 Å². The summed E-state index contributed by atoms with van der Waals surface area (Å²) in [7, 11) is 0.796. The Kier molecular flexibility index (Phi) is 13.5. The smallest absolute Gasteiger partial charge is 0.123 e. The molecule has 1 N–H and O–H groups in total. The Morgan fingerprint density at radius 2 is 1.93 bits per heavy atom. The maximum atomic E-state index is 13.9. The summed E-state index contributed by atoms with van der Waals surface area (Å²) in [6, 6.07) is 10.7. The largest absolute Gasteiger partial charge is 0.381 e. The molecule has 1 aliphatic rings. The second-order valence-electron chi connectivity index (χ2n) is 10.9. The lowest BCUT2D eigenvalue weighted by Gasteiger charge is -2.28.